The summed E-state index contributed by atoms with van der Waals surface area (Å²) in [4.78, 5) is 42.2. The zero-order valence-electron chi connectivity index (χ0n) is 14.8. The van der Waals surface area contributed by atoms with Gasteiger partial charge in [0.05, 0.1) is 0 Å². The fourth-order valence-electron chi connectivity index (χ4n) is 3.41. The largest absolute Gasteiger partial charge is 0.354 e. The second kappa shape index (κ2) is 6.80. The highest BCUT2D eigenvalue weighted by molar-refractivity contribution is 6.28. The second-order valence-electron chi connectivity index (χ2n) is 6.31. The number of nitrogens with one attached hydrogen (secondary N) is 1. The summed E-state index contributed by atoms with van der Waals surface area (Å²) in [5.41, 5.74) is 1.20. The number of Topliss-reactive ketones (excluding diaryl/α,β-unsaturated/α-hetero) is 2. The monoisotopic (exact) mass is 341 g/mol. The lowest BCUT2D eigenvalue weighted by molar-refractivity contribution is -0.125. The Bertz CT molecular complexity index is 765. The number of allylic oxidation sites excluding steroid dienone is 2. The van der Waals surface area contributed by atoms with E-state index in [1.54, 1.807) is 36.1 Å². The number of amides is 1. The third kappa shape index (κ3) is 2.87. The molecule has 1 aromatic rings. The molecule has 1 unspecified atom stereocenters. The molecule has 1 atom stereocenters. The van der Waals surface area contributed by atoms with E-state index < -0.39 is 6.04 Å². The molecule has 1 aliphatic heterocycles. The average molecular weight is 341 g/mol. The molecular weight excluding hydrogens is 318 g/mol. The Morgan fingerprint density at radius 2 is 1.64 bits per heavy atom. The lowest BCUT2D eigenvalue weighted by Crippen LogP contribution is -2.55. The van der Waals surface area contributed by atoms with E-state index in [0.717, 1.165) is 19.6 Å². The number of hydrogen-bond donors (Lipinski definition) is 1. The van der Waals surface area contributed by atoms with Crippen molar-refractivity contribution in [1.29, 1.82) is 0 Å². The highest BCUT2D eigenvalue weighted by atomic mass is 16.2. The van der Waals surface area contributed by atoms with Crippen LogP contribution in [0, 0.1) is 0 Å². The summed E-state index contributed by atoms with van der Waals surface area (Å²) in [6.07, 6.45) is 0. The Labute approximate surface area is 147 Å². The number of ketones is 2. The molecular formula is C19H23N3O3. The Balaban J connectivity index is 2.01. The first-order valence-corrected chi connectivity index (χ1v) is 8.72. The number of likely N-dealkylation sites (N-methyl/N-ethyl adjacent to an activating group) is 1. The average Bonchev–Trinajstić information content (AvgIpc) is 2.63. The Kier molecular flexibility index (Phi) is 4.72. The first-order valence-electron chi connectivity index (χ1n) is 8.72. The molecule has 1 heterocycles. The lowest BCUT2D eigenvalue weighted by atomic mass is 9.88. The number of carbonyl (C=O) groups is 3. The molecule has 0 bridgehead atoms. The molecule has 1 amide bonds. The molecule has 0 fully saturated rings. The molecule has 2 aliphatic rings. The Morgan fingerprint density at radius 3 is 2.24 bits per heavy atom. The van der Waals surface area contributed by atoms with Gasteiger partial charge in [-0.25, -0.2) is 0 Å². The first-order chi connectivity index (χ1) is 12.0. The summed E-state index contributed by atoms with van der Waals surface area (Å²) >= 11 is 0. The SMILES string of the molecule is CCN(CC)CCN1C2=C(NC(=O)C1C)C(=O)c1ccccc1C2=O. The predicted molar refractivity (Wildman–Crippen MR) is 94.2 cm³/mol. The van der Waals surface area contributed by atoms with Crippen LogP contribution in [-0.2, 0) is 4.79 Å². The van der Waals surface area contributed by atoms with Gasteiger partial charge in [-0.3, -0.25) is 14.4 Å². The maximum Gasteiger partial charge on any atom is 0.246 e. The molecule has 6 heteroatoms. The van der Waals surface area contributed by atoms with Crippen LogP contribution >= 0.6 is 0 Å². The van der Waals surface area contributed by atoms with Crippen molar-refractivity contribution in [3.05, 3.63) is 46.8 Å². The van der Waals surface area contributed by atoms with Gasteiger partial charge >= 0.3 is 0 Å². The fourth-order valence-corrected chi connectivity index (χ4v) is 3.41. The van der Waals surface area contributed by atoms with Crippen LogP contribution in [0.5, 0.6) is 0 Å². The molecule has 25 heavy (non-hydrogen) atoms. The third-order valence-electron chi connectivity index (χ3n) is 5.03. The van der Waals surface area contributed by atoms with E-state index in [2.05, 4.69) is 24.1 Å². The number of nitrogens with zero attached hydrogens (tertiary/aromatic N) is 2. The lowest BCUT2D eigenvalue weighted by Gasteiger charge is -2.39. The normalized spacial score (nSPS) is 19.9. The minimum absolute atomic E-state index is 0.117. The van der Waals surface area contributed by atoms with E-state index in [0.29, 0.717) is 23.4 Å². The number of hydrogen-bond acceptors (Lipinski definition) is 5. The van der Waals surface area contributed by atoms with Crippen LogP contribution in [0.1, 0.15) is 41.5 Å². The molecule has 0 spiro atoms. The maximum absolute atomic E-state index is 13.0. The number of fused-ring (bicyclic) bond motifs is 1. The van der Waals surface area contributed by atoms with Crippen LogP contribution in [0.15, 0.2) is 35.7 Å². The molecule has 132 valence electrons. The van der Waals surface area contributed by atoms with E-state index >= 15 is 0 Å². The summed E-state index contributed by atoms with van der Waals surface area (Å²) in [6, 6.07) is 6.28. The molecule has 0 saturated carbocycles. The minimum atomic E-state index is -0.490. The third-order valence-corrected chi connectivity index (χ3v) is 5.03. The van der Waals surface area contributed by atoms with E-state index in [1.165, 1.54) is 0 Å². The van der Waals surface area contributed by atoms with Gasteiger partial charge in [0.2, 0.25) is 17.5 Å². The topological polar surface area (TPSA) is 69.7 Å². The highest BCUT2D eigenvalue weighted by Crippen LogP contribution is 2.30. The van der Waals surface area contributed by atoms with Crippen LogP contribution in [0.2, 0.25) is 0 Å². The van der Waals surface area contributed by atoms with E-state index in [-0.39, 0.29) is 23.2 Å². The number of benzene rings is 1. The summed E-state index contributed by atoms with van der Waals surface area (Å²) in [5, 5.41) is 2.65. The van der Waals surface area contributed by atoms with Crippen LogP contribution < -0.4 is 5.32 Å². The quantitative estimate of drug-likeness (QED) is 0.878. The minimum Gasteiger partial charge on any atom is -0.354 e. The summed E-state index contributed by atoms with van der Waals surface area (Å²) < 4.78 is 0. The molecule has 1 N–H and O–H groups in total. The molecule has 1 aliphatic carbocycles. The van der Waals surface area contributed by atoms with Crippen LogP contribution in [0.4, 0.5) is 0 Å². The smallest absolute Gasteiger partial charge is 0.246 e. The van der Waals surface area contributed by atoms with E-state index in [1.807, 2.05) is 0 Å². The van der Waals surface area contributed by atoms with Gasteiger partial charge in [-0.05, 0) is 20.0 Å². The van der Waals surface area contributed by atoms with Crippen molar-refractivity contribution in [2.45, 2.75) is 26.8 Å². The number of carbonyl (C=O) groups excluding carboxylic acids is 3. The van der Waals surface area contributed by atoms with Crippen LogP contribution in [0.25, 0.3) is 0 Å². The van der Waals surface area contributed by atoms with Gasteiger partial charge in [0.25, 0.3) is 0 Å². The van der Waals surface area contributed by atoms with Gasteiger partial charge in [-0.2, -0.15) is 0 Å². The molecule has 1 aromatic carbocycles. The Morgan fingerprint density at radius 1 is 1.04 bits per heavy atom. The van der Waals surface area contributed by atoms with Crippen molar-refractivity contribution in [2.24, 2.45) is 0 Å². The van der Waals surface area contributed by atoms with Crippen molar-refractivity contribution in [3.8, 4) is 0 Å². The van der Waals surface area contributed by atoms with Gasteiger partial charge in [0.15, 0.2) is 0 Å². The molecule has 0 saturated heterocycles. The molecule has 6 nitrogen and oxygen atoms in total. The number of rotatable bonds is 5. The van der Waals surface area contributed by atoms with Crippen molar-refractivity contribution in [3.63, 3.8) is 0 Å². The van der Waals surface area contributed by atoms with Crippen LogP contribution in [-0.4, -0.2) is 59.5 Å². The van der Waals surface area contributed by atoms with Gasteiger partial charge < -0.3 is 15.1 Å². The van der Waals surface area contributed by atoms with Crippen molar-refractivity contribution < 1.29 is 14.4 Å². The second-order valence-corrected chi connectivity index (χ2v) is 6.31. The zero-order valence-corrected chi connectivity index (χ0v) is 14.8. The predicted octanol–water partition coefficient (Wildman–Crippen LogP) is 1.44. The summed E-state index contributed by atoms with van der Waals surface area (Å²) in [5.74, 6) is -0.742. The first kappa shape index (κ1) is 17.4. The van der Waals surface area contributed by atoms with Crippen molar-refractivity contribution in [2.75, 3.05) is 26.2 Å². The molecule has 0 aromatic heterocycles. The van der Waals surface area contributed by atoms with Gasteiger partial charge in [-0.15, -0.1) is 0 Å². The van der Waals surface area contributed by atoms with Crippen molar-refractivity contribution in [1.82, 2.24) is 15.1 Å². The standard InChI is InChI=1S/C19H23N3O3/c1-4-21(5-2)10-11-22-12(3)19(25)20-15-16(22)18(24)14-9-7-6-8-13(14)17(15)23/h6-9,12H,4-5,10-11H2,1-3H3,(H,20,25). The van der Waals surface area contributed by atoms with E-state index in [9.17, 15) is 14.4 Å². The molecule has 3 rings (SSSR count). The Hall–Kier alpha value is -2.47. The maximum atomic E-state index is 13.0. The van der Waals surface area contributed by atoms with E-state index in [4.69, 9.17) is 0 Å². The fraction of sp³-hybridized carbons (Fsp3) is 0.421. The summed E-state index contributed by atoms with van der Waals surface area (Å²) in [6.45, 7) is 8.96. The van der Waals surface area contributed by atoms with Gasteiger partial charge in [0, 0.05) is 24.2 Å². The zero-order chi connectivity index (χ0) is 18.1. The van der Waals surface area contributed by atoms with Gasteiger partial charge in [-0.1, -0.05) is 38.1 Å². The van der Waals surface area contributed by atoms with Gasteiger partial charge in [0.1, 0.15) is 17.4 Å². The van der Waals surface area contributed by atoms with Crippen LogP contribution in [0.3, 0.4) is 0 Å². The summed E-state index contributed by atoms with van der Waals surface area (Å²) in [7, 11) is 0. The van der Waals surface area contributed by atoms with Crippen molar-refractivity contribution >= 4 is 17.5 Å². The molecule has 0 radical (unpaired) electrons. The highest BCUT2D eigenvalue weighted by Gasteiger charge is 2.42.